The second-order valence-electron chi connectivity index (χ2n) is 4.98. The molecule has 0 heterocycles. The lowest BCUT2D eigenvalue weighted by molar-refractivity contribution is 0.100. The van der Waals surface area contributed by atoms with E-state index in [0.717, 1.165) is 13.1 Å². The Morgan fingerprint density at radius 2 is 2.00 bits per heavy atom. The SMILES string of the molecule is CC1(CNCc2ccc(C(N)=O)cc2)CC1. The highest BCUT2D eigenvalue weighted by Gasteiger charge is 2.36. The Balaban J connectivity index is 1.83. The minimum absolute atomic E-state index is 0.370. The Morgan fingerprint density at radius 1 is 1.38 bits per heavy atom. The van der Waals surface area contributed by atoms with Gasteiger partial charge in [0, 0.05) is 18.7 Å². The van der Waals surface area contributed by atoms with Crippen molar-refractivity contribution in [2.45, 2.75) is 26.3 Å². The normalized spacial score (nSPS) is 17.1. The van der Waals surface area contributed by atoms with E-state index in [9.17, 15) is 4.79 Å². The molecular weight excluding hydrogens is 200 g/mol. The van der Waals surface area contributed by atoms with Crippen molar-refractivity contribution in [2.75, 3.05) is 6.54 Å². The third-order valence-corrected chi connectivity index (χ3v) is 3.22. The first-order valence-corrected chi connectivity index (χ1v) is 5.69. The van der Waals surface area contributed by atoms with Gasteiger partial charge in [-0.25, -0.2) is 0 Å². The first-order valence-electron chi connectivity index (χ1n) is 5.69. The number of nitrogens with one attached hydrogen (secondary N) is 1. The van der Waals surface area contributed by atoms with E-state index in [2.05, 4.69) is 12.2 Å². The van der Waals surface area contributed by atoms with E-state index >= 15 is 0 Å². The molecule has 0 aliphatic heterocycles. The van der Waals surface area contributed by atoms with Crippen LogP contribution >= 0.6 is 0 Å². The lowest BCUT2D eigenvalue weighted by Crippen LogP contribution is -2.21. The molecule has 0 unspecified atom stereocenters. The number of rotatable bonds is 5. The molecule has 0 saturated heterocycles. The molecule has 3 nitrogen and oxygen atoms in total. The zero-order chi connectivity index (χ0) is 11.6. The van der Waals surface area contributed by atoms with E-state index in [1.54, 1.807) is 12.1 Å². The van der Waals surface area contributed by atoms with Crippen molar-refractivity contribution in [2.24, 2.45) is 11.1 Å². The highest BCUT2D eigenvalue weighted by atomic mass is 16.1. The number of hydrogen-bond acceptors (Lipinski definition) is 2. The summed E-state index contributed by atoms with van der Waals surface area (Å²) in [7, 11) is 0. The van der Waals surface area contributed by atoms with Gasteiger partial charge in [0.05, 0.1) is 0 Å². The molecule has 1 aromatic rings. The van der Waals surface area contributed by atoms with E-state index in [1.165, 1.54) is 18.4 Å². The maximum absolute atomic E-state index is 10.9. The van der Waals surface area contributed by atoms with Crippen LogP contribution in [0, 0.1) is 5.41 Å². The van der Waals surface area contributed by atoms with Gasteiger partial charge >= 0.3 is 0 Å². The van der Waals surface area contributed by atoms with Crippen LogP contribution < -0.4 is 11.1 Å². The number of hydrogen-bond donors (Lipinski definition) is 2. The monoisotopic (exact) mass is 218 g/mol. The molecule has 1 fully saturated rings. The van der Waals surface area contributed by atoms with Crippen LogP contribution in [0.4, 0.5) is 0 Å². The Labute approximate surface area is 96.0 Å². The van der Waals surface area contributed by atoms with Crippen molar-refractivity contribution >= 4 is 5.91 Å². The first-order chi connectivity index (χ1) is 7.59. The zero-order valence-electron chi connectivity index (χ0n) is 9.62. The van der Waals surface area contributed by atoms with Gasteiger partial charge in [0.15, 0.2) is 0 Å². The van der Waals surface area contributed by atoms with Crippen molar-refractivity contribution in [3.05, 3.63) is 35.4 Å². The summed E-state index contributed by atoms with van der Waals surface area (Å²) in [6, 6.07) is 7.45. The van der Waals surface area contributed by atoms with Crippen molar-refractivity contribution in [3.63, 3.8) is 0 Å². The zero-order valence-corrected chi connectivity index (χ0v) is 9.62. The van der Waals surface area contributed by atoms with E-state index in [0.29, 0.717) is 11.0 Å². The average Bonchev–Trinajstić information content (AvgIpc) is 2.97. The minimum atomic E-state index is -0.370. The lowest BCUT2D eigenvalue weighted by atomic mass is 10.1. The van der Waals surface area contributed by atoms with E-state index < -0.39 is 0 Å². The van der Waals surface area contributed by atoms with Gasteiger partial charge in [-0.05, 0) is 36.0 Å². The number of primary amides is 1. The molecule has 86 valence electrons. The smallest absolute Gasteiger partial charge is 0.248 e. The summed E-state index contributed by atoms with van der Waals surface area (Å²) in [5, 5.41) is 3.44. The fourth-order valence-electron chi connectivity index (χ4n) is 1.69. The second kappa shape index (κ2) is 4.26. The number of benzene rings is 1. The standard InChI is InChI=1S/C13H18N2O/c1-13(6-7-13)9-15-8-10-2-4-11(5-3-10)12(14)16/h2-5,15H,6-9H2,1H3,(H2,14,16). The van der Waals surface area contributed by atoms with Crippen LogP contribution in [0.15, 0.2) is 24.3 Å². The van der Waals surface area contributed by atoms with Crippen LogP contribution in [0.1, 0.15) is 35.7 Å². The second-order valence-corrected chi connectivity index (χ2v) is 4.98. The average molecular weight is 218 g/mol. The predicted octanol–water partition coefficient (Wildman–Crippen LogP) is 1.68. The lowest BCUT2D eigenvalue weighted by Gasteiger charge is -2.09. The largest absolute Gasteiger partial charge is 0.366 e. The van der Waals surface area contributed by atoms with Crippen molar-refractivity contribution < 1.29 is 4.79 Å². The van der Waals surface area contributed by atoms with Crippen molar-refractivity contribution in [1.29, 1.82) is 0 Å². The Hall–Kier alpha value is -1.35. The summed E-state index contributed by atoms with van der Waals surface area (Å²) >= 11 is 0. The fraction of sp³-hybridized carbons (Fsp3) is 0.462. The van der Waals surface area contributed by atoms with Gasteiger partial charge in [-0.2, -0.15) is 0 Å². The van der Waals surface area contributed by atoms with E-state index in [4.69, 9.17) is 5.73 Å². The summed E-state index contributed by atoms with van der Waals surface area (Å²) in [6.45, 7) is 4.23. The number of carbonyl (C=O) groups excluding carboxylic acids is 1. The Bertz CT molecular complexity index is 379. The van der Waals surface area contributed by atoms with Crippen LogP contribution in [0.2, 0.25) is 0 Å². The van der Waals surface area contributed by atoms with Gasteiger partial charge < -0.3 is 11.1 Å². The van der Waals surface area contributed by atoms with Gasteiger partial charge in [0.1, 0.15) is 0 Å². The summed E-state index contributed by atoms with van der Waals surface area (Å²) in [5.74, 6) is -0.370. The molecular formula is C13H18N2O. The molecule has 2 rings (SSSR count). The van der Waals surface area contributed by atoms with Gasteiger partial charge in [0.25, 0.3) is 0 Å². The molecule has 0 atom stereocenters. The molecule has 16 heavy (non-hydrogen) atoms. The first kappa shape index (κ1) is 11.1. The molecule has 0 bridgehead atoms. The van der Waals surface area contributed by atoms with Crippen molar-refractivity contribution in [1.82, 2.24) is 5.32 Å². The van der Waals surface area contributed by atoms with Gasteiger partial charge in [-0.1, -0.05) is 19.1 Å². The number of amides is 1. The molecule has 0 radical (unpaired) electrons. The number of nitrogens with two attached hydrogens (primary N) is 1. The highest BCUT2D eigenvalue weighted by molar-refractivity contribution is 5.92. The van der Waals surface area contributed by atoms with Gasteiger partial charge in [-0.15, -0.1) is 0 Å². The van der Waals surface area contributed by atoms with Crippen LogP contribution in [-0.4, -0.2) is 12.5 Å². The van der Waals surface area contributed by atoms with Crippen LogP contribution in [-0.2, 0) is 6.54 Å². The van der Waals surface area contributed by atoms with Gasteiger partial charge in [0.2, 0.25) is 5.91 Å². The van der Waals surface area contributed by atoms with Gasteiger partial charge in [-0.3, -0.25) is 4.79 Å². The Morgan fingerprint density at radius 3 is 2.50 bits per heavy atom. The fourth-order valence-corrected chi connectivity index (χ4v) is 1.69. The molecule has 3 N–H and O–H groups in total. The molecule has 1 aliphatic carbocycles. The summed E-state index contributed by atoms with van der Waals surface area (Å²) < 4.78 is 0. The maximum atomic E-state index is 10.9. The molecule has 1 amide bonds. The van der Waals surface area contributed by atoms with Crippen LogP contribution in [0.5, 0.6) is 0 Å². The molecule has 1 aliphatic rings. The third kappa shape index (κ3) is 2.83. The molecule has 3 heteroatoms. The maximum Gasteiger partial charge on any atom is 0.248 e. The summed E-state index contributed by atoms with van der Waals surface area (Å²) in [4.78, 5) is 10.9. The third-order valence-electron chi connectivity index (χ3n) is 3.22. The minimum Gasteiger partial charge on any atom is -0.366 e. The summed E-state index contributed by atoms with van der Waals surface area (Å²) in [5.41, 5.74) is 7.47. The topological polar surface area (TPSA) is 55.1 Å². The van der Waals surface area contributed by atoms with Crippen LogP contribution in [0.25, 0.3) is 0 Å². The quantitative estimate of drug-likeness (QED) is 0.790. The molecule has 0 aromatic heterocycles. The molecule has 1 saturated carbocycles. The molecule has 1 aromatic carbocycles. The number of carbonyl (C=O) groups is 1. The predicted molar refractivity (Wildman–Crippen MR) is 64.0 cm³/mol. The summed E-state index contributed by atoms with van der Waals surface area (Å²) in [6.07, 6.45) is 2.67. The van der Waals surface area contributed by atoms with Crippen molar-refractivity contribution in [3.8, 4) is 0 Å². The highest BCUT2D eigenvalue weighted by Crippen LogP contribution is 2.44. The molecule has 0 spiro atoms. The van der Waals surface area contributed by atoms with E-state index in [1.807, 2.05) is 12.1 Å². The Kier molecular flexibility index (Phi) is 2.97. The van der Waals surface area contributed by atoms with Crippen LogP contribution in [0.3, 0.4) is 0 Å². The van der Waals surface area contributed by atoms with E-state index in [-0.39, 0.29) is 5.91 Å².